The van der Waals surface area contributed by atoms with Crippen LogP contribution in [0, 0.1) is 11.8 Å². The summed E-state index contributed by atoms with van der Waals surface area (Å²) in [6.07, 6.45) is 1.84. The second kappa shape index (κ2) is 7.09. The second-order valence-electron chi connectivity index (χ2n) is 6.01. The highest BCUT2D eigenvalue weighted by molar-refractivity contribution is 6.30. The van der Waals surface area contributed by atoms with Crippen LogP contribution in [0.4, 0.5) is 5.69 Å². The summed E-state index contributed by atoms with van der Waals surface area (Å²) in [5.41, 5.74) is 0.805. The van der Waals surface area contributed by atoms with Gasteiger partial charge in [0.05, 0.1) is 0 Å². The van der Waals surface area contributed by atoms with Crippen LogP contribution in [0.5, 0.6) is 0 Å². The molecule has 3 nitrogen and oxygen atoms in total. The van der Waals surface area contributed by atoms with Crippen LogP contribution in [0.2, 0.25) is 5.02 Å². The number of hydrogen-bond donors (Lipinski definition) is 1. The van der Waals surface area contributed by atoms with E-state index in [4.69, 9.17) is 11.6 Å². The summed E-state index contributed by atoms with van der Waals surface area (Å²) >= 11 is 5.82. The third-order valence-corrected chi connectivity index (χ3v) is 3.98. The Morgan fingerprint density at radius 1 is 1.25 bits per heavy atom. The lowest BCUT2D eigenvalue weighted by Crippen LogP contribution is -2.40. The van der Waals surface area contributed by atoms with Crippen LogP contribution in [0.25, 0.3) is 0 Å². The highest BCUT2D eigenvalue weighted by Crippen LogP contribution is 2.21. The predicted octanol–water partition coefficient (Wildman–Crippen LogP) is 3.65. The monoisotopic (exact) mass is 294 g/mol. The molecule has 20 heavy (non-hydrogen) atoms. The Labute approximate surface area is 126 Å². The summed E-state index contributed by atoms with van der Waals surface area (Å²) in [7, 11) is 0. The van der Waals surface area contributed by atoms with Gasteiger partial charge in [-0.2, -0.15) is 0 Å². The van der Waals surface area contributed by atoms with E-state index in [1.165, 1.54) is 6.42 Å². The normalized spacial score (nSPS) is 23.6. The summed E-state index contributed by atoms with van der Waals surface area (Å²) in [6, 6.07) is 7.22. The van der Waals surface area contributed by atoms with Gasteiger partial charge >= 0.3 is 0 Å². The van der Waals surface area contributed by atoms with E-state index < -0.39 is 0 Å². The van der Waals surface area contributed by atoms with Gasteiger partial charge in [-0.15, -0.1) is 0 Å². The maximum Gasteiger partial charge on any atom is 0.225 e. The van der Waals surface area contributed by atoms with Gasteiger partial charge in [0.1, 0.15) is 0 Å². The van der Waals surface area contributed by atoms with Crippen molar-refractivity contribution in [1.29, 1.82) is 0 Å². The maximum absolute atomic E-state index is 11.9. The van der Waals surface area contributed by atoms with Crippen LogP contribution >= 0.6 is 11.6 Å². The summed E-state index contributed by atoms with van der Waals surface area (Å²) < 4.78 is 0. The van der Waals surface area contributed by atoms with Gasteiger partial charge in [0.15, 0.2) is 0 Å². The number of halogens is 1. The number of likely N-dealkylation sites (tertiary alicyclic amines) is 1. The molecule has 0 bridgehead atoms. The molecule has 0 saturated carbocycles. The molecular formula is C16H23ClN2O. The van der Waals surface area contributed by atoms with E-state index in [1.807, 2.05) is 12.1 Å². The molecule has 0 aromatic heterocycles. The Morgan fingerprint density at radius 2 is 1.85 bits per heavy atom. The summed E-state index contributed by atoms with van der Waals surface area (Å²) in [4.78, 5) is 14.3. The fourth-order valence-electron chi connectivity index (χ4n) is 2.99. The maximum atomic E-state index is 11.9. The fourth-order valence-corrected chi connectivity index (χ4v) is 3.12. The Kier molecular flexibility index (Phi) is 5.44. The Bertz CT molecular complexity index is 436. The molecule has 4 heteroatoms. The van der Waals surface area contributed by atoms with Gasteiger partial charge in [0, 0.05) is 36.8 Å². The number of carbonyl (C=O) groups excluding carboxylic acids is 1. The first-order valence-corrected chi connectivity index (χ1v) is 7.68. The highest BCUT2D eigenvalue weighted by Gasteiger charge is 2.21. The number of amides is 1. The molecule has 1 aromatic carbocycles. The van der Waals surface area contributed by atoms with Gasteiger partial charge in [-0.25, -0.2) is 0 Å². The molecule has 1 fully saturated rings. The zero-order chi connectivity index (χ0) is 14.5. The zero-order valence-electron chi connectivity index (χ0n) is 12.2. The van der Waals surface area contributed by atoms with Crippen molar-refractivity contribution in [1.82, 2.24) is 4.90 Å². The van der Waals surface area contributed by atoms with Crippen molar-refractivity contribution in [3.63, 3.8) is 0 Å². The summed E-state index contributed by atoms with van der Waals surface area (Å²) in [5, 5.41) is 3.59. The van der Waals surface area contributed by atoms with Crippen LogP contribution in [0.15, 0.2) is 24.3 Å². The zero-order valence-corrected chi connectivity index (χ0v) is 13.0. The van der Waals surface area contributed by atoms with Crippen LogP contribution in [0.1, 0.15) is 26.7 Å². The predicted molar refractivity (Wildman–Crippen MR) is 84.1 cm³/mol. The number of piperidine rings is 1. The lowest BCUT2D eigenvalue weighted by Gasteiger charge is -2.34. The molecule has 1 aliphatic rings. The van der Waals surface area contributed by atoms with E-state index in [0.29, 0.717) is 11.4 Å². The number of rotatable bonds is 4. The van der Waals surface area contributed by atoms with Gasteiger partial charge in [0.25, 0.3) is 0 Å². The molecule has 2 rings (SSSR count). The van der Waals surface area contributed by atoms with Gasteiger partial charge in [-0.05, 0) is 42.5 Å². The van der Waals surface area contributed by atoms with Crippen molar-refractivity contribution in [3.05, 3.63) is 29.3 Å². The van der Waals surface area contributed by atoms with Crippen LogP contribution < -0.4 is 5.32 Å². The van der Waals surface area contributed by atoms with Gasteiger partial charge in [0.2, 0.25) is 5.91 Å². The minimum absolute atomic E-state index is 0.0678. The van der Waals surface area contributed by atoms with Crippen molar-refractivity contribution >= 4 is 23.2 Å². The van der Waals surface area contributed by atoms with E-state index in [2.05, 4.69) is 24.1 Å². The molecule has 110 valence electrons. The SMILES string of the molecule is C[C@@H]1C[C@H](C)CN(CCC(=O)Nc2ccc(Cl)cc2)C1. The molecule has 1 aliphatic heterocycles. The largest absolute Gasteiger partial charge is 0.326 e. The van der Waals surface area contributed by atoms with Crippen molar-refractivity contribution < 1.29 is 4.79 Å². The smallest absolute Gasteiger partial charge is 0.225 e. The van der Waals surface area contributed by atoms with Crippen LogP contribution in [0.3, 0.4) is 0 Å². The molecule has 1 N–H and O–H groups in total. The molecule has 1 amide bonds. The van der Waals surface area contributed by atoms with Gasteiger partial charge in [-0.3, -0.25) is 4.79 Å². The number of nitrogens with zero attached hydrogens (tertiary/aromatic N) is 1. The quantitative estimate of drug-likeness (QED) is 0.919. The van der Waals surface area contributed by atoms with Crippen molar-refractivity contribution in [2.45, 2.75) is 26.7 Å². The molecule has 0 radical (unpaired) electrons. The molecule has 2 atom stereocenters. The highest BCUT2D eigenvalue weighted by atomic mass is 35.5. The minimum Gasteiger partial charge on any atom is -0.326 e. The van der Waals surface area contributed by atoms with E-state index >= 15 is 0 Å². The molecule has 1 aromatic rings. The van der Waals surface area contributed by atoms with Crippen molar-refractivity contribution in [3.8, 4) is 0 Å². The first kappa shape index (κ1) is 15.3. The van der Waals surface area contributed by atoms with Crippen molar-refractivity contribution in [2.75, 3.05) is 25.0 Å². The Morgan fingerprint density at radius 3 is 2.45 bits per heavy atom. The lowest BCUT2D eigenvalue weighted by molar-refractivity contribution is -0.116. The standard InChI is InChI=1S/C16H23ClN2O/c1-12-9-13(2)11-19(10-12)8-7-16(20)18-15-5-3-14(17)4-6-15/h3-6,12-13H,7-11H2,1-2H3,(H,18,20)/t12-,13+. The van der Waals surface area contributed by atoms with Crippen molar-refractivity contribution in [2.24, 2.45) is 11.8 Å². The van der Waals surface area contributed by atoms with Crippen LogP contribution in [-0.2, 0) is 4.79 Å². The Balaban J connectivity index is 1.76. The van der Waals surface area contributed by atoms with Gasteiger partial charge in [-0.1, -0.05) is 25.4 Å². The molecule has 0 aliphatic carbocycles. The number of carbonyl (C=O) groups is 1. The lowest BCUT2D eigenvalue weighted by atomic mass is 9.92. The minimum atomic E-state index is 0.0678. The first-order valence-electron chi connectivity index (χ1n) is 7.30. The van der Waals surface area contributed by atoms with Crippen LogP contribution in [-0.4, -0.2) is 30.4 Å². The van der Waals surface area contributed by atoms with E-state index in [0.717, 1.165) is 37.2 Å². The topological polar surface area (TPSA) is 32.3 Å². The Hall–Kier alpha value is -1.06. The number of benzene rings is 1. The summed E-state index contributed by atoms with van der Waals surface area (Å²) in [6.45, 7) is 7.64. The molecular weight excluding hydrogens is 272 g/mol. The molecule has 0 spiro atoms. The fraction of sp³-hybridized carbons (Fsp3) is 0.562. The van der Waals surface area contributed by atoms with E-state index in [1.54, 1.807) is 12.1 Å². The van der Waals surface area contributed by atoms with E-state index in [9.17, 15) is 4.79 Å². The second-order valence-corrected chi connectivity index (χ2v) is 6.45. The third-order valence-electron chi connectivity index (χ3n) is 3.73. The van der Waals surface area contributed by atoms with E-state index in [-0.39, 0.29) is 5.91 Å². The number of hydrogen-bond acceptors (Lipinski definition) is 2. The molecule has 1 heterocycles. The molecule has 1 saturated heterocycles. The number of nitrogens with one attached hydrogen (secondary N) is 1. The first-order chi connectivity index (χ1) is 9.52. The van der Waals surface area contributed by atoms with Gasteiger partial charge < -0.3 is 10.2 Å². The number of anilines is 1. The third kappa shape index (κ3) is 4.80. The molecule has 0 unspecified atom stereocenters. The average Bonchev–Trinajstić information content (AvgIpc) is 2.38. The summed E-state index contributed by atoms with van der Waals surface area (Å²) in [5.74, 6) is 1.54. The average molecular weight is 295 g/mol.